The highest BCUT2D eigenvalue weighted by atomic mass is 32.2. The minimum Gasteiger partial charge on any atom is -0.387 e. The number of benzene rings is 1. The Bertz CT molecular complexity index is 504. The van der Waals surface area contributed by atoms with Crippen LogP contribution in [0.15, 0.2) is 18.2 Å². The molecule has 21 heavy (non-hydrogen) atoms. The third-order valence-corrected chi connectivity index (χ3v) is 4.88. The van der Waals surface area contributed by atoms with Crippen molar-refractivity contribution in [3.05, 3.63) is 35.1 Å². The van der Waals surface area contributed by atoms with Gasteiger partial charge in [0.05, 0.1) is 5.60 Å². The van der Waals surface area contributed by atoms with Gasteiger partial charge in [-0.1, -0.05) is 6.07 Å². The van der Waals surface area contributed by atoms with Gasteiger partial charge in [-0.15, -0.1) is 0 Å². The molecule has 1 fully saturated rings. The van der Waals surface area contributed by atoms with Crippen LogP contribution in [-0.2, 0) is 6.42 Å². The number of carbonyl (C=O) groups excluding carboxylic acids is 1. The average Bonchev–Trinajstić information content (AvgIpc) is 2.86. The molecule has 1 aromatic rings. The first-order valence-corrected chi connectivity index (χ1v) is 8.21. The lowest BCUT2D eigenvalue weighted by atomic mass is 10.0. The Balaban J connectivity index is 1.69. The topological polar surface area (TPSA) is 61.4 Å². The maximum Gasteiger partial charge on any atom is 0.314 e. The van der Waals surface area contributed by atoms with Gasteiger partial charge in [0.25, 0.3) is 0 Å². The number of thioether (sulfide) groups is 1. The highest BCUT2D eigenvalue weighted by Gasteiger charge is 2.31. The zero-order valence-corrected chi connectivity index (χ0v) is 12.9. The van der Waals surface area contributed by atoms with E-state index in [9.17, 15) is 14.3 Å². The molecular weight excluding hydrogens is 291 g/mol. The van der Waals surface area contributed by atoms with Crippen molar-refractivity contribution in [2.45, 2.75) is 25.4 Å². The van der Waals surface area contributed by atoms with Crippen molar-refractivity contribution in [3.63, 3.8) is 0 Å². The van der Waals surface area contributed by atoms with Gasteiger partial charge in [-0.25, -0.2) is 9.18 Å². The summed E-state index contributed by atoms with van der Waals surface area (Å²) in [5.41, 5.74) is 1.13. The van der Waals surface area contributed by atoms with Crippen LogP contribution in [0.4, 0.5) is 9.18 Å². The zero-order chi connectivity index (χ0) is 15.3. The number of nitrogens with one attached hydrogen (secondary N) is 2. The van der Waals surface area contributed by atoms with Crippen LogP contribution in [0.2, 0.25) is 0 Å². The van der Waals surface area contributed by atoms with Gasteiger partial charge in [0.1, 0.15) is 5.82 Å². The second-order valence-electron chi connectivity index (χ2n) is 5.46. The summed E-state index contributed by atoms with van der Waals surface area (Å²) < 4.78 is 13.0. The summed E-state index contributed by atoms with van der Waals surface area (Å²) in [7, 11) is 0. The Morgan fingerprint density at radius 3 is 2.95 bits per heavy atom. The molecule has 1 heterocycles. The summed E-state index contributed by atoms with van der Waals surface area (Å²) in [6.45, 7) is 2.61. The summed E-state index contributed by atoms with van der Waals surface area (Å²) in [6.07, 6.45) is 1.37. The van der Waals surface area contributed by atoms with Crippen molar-refractivity contribution >= 4 is 17.8 Å². The fourth-order valence-corrected chi connectivity index (χ4v) is 3.59. The van der Waals surface area contributed by atoms with Crippen molar-refractivity contribution < 1.29 is 14.3 Å². The van der Waals surface area contributed by atoms with E-state index in [4.69, 9.17) is 0 Å². The van der Waals surface area contributed by atoms with E-state index in [1.54, 1.807) is 17.8 Å². The monoisotopic (exact) mass is 312 g/mol. The van der Waals surface area contributed by atoms with Crippen molar-refractivity contribution in [2.24, 2.45) is 0 Å². The van der Waals surface area contributed by atoms with Crippen LogP contribution in [0.25, 0.3) is 0 Å². The Morgan fingerprint density at radius 1 is 1.48 bits per heavy atom. The summed E-state index contributed by atoms with van der Waals surface area (Å²) in [5.74, 6) is 1.36. The molecule has 1 atom stereocenters. The van der Waals surface area contributed by atoms with Crippen LogP contribution in [0.1, 0.15) is 17.5 Å². The molecule has 0 bridgehead atoms. The lowest BCUT2D eigenvalue weighted by molar-refractivity contribution is 0.0700. The van der Waals surface area contributed by atoms with Gasteiger partial charge in [0, 0.05) is 18.8 Å². The fraction of sp³-hybridized carbons (Fsp3) is 0.533. The number of aliphatic hydroxyl groups is 1. The van der Waals surface area contributed by atoms with E-state index < -0.39 is 5.60 Å². The molecule has 6 heteroatoms. The number of hydrogen-bond acceptors (Lipinski definition) is 3. The first-order valence-electron chi connectivity index (χ1n) is 7.05. The smallest absolute Gasteiger partial charge is 0.314 e. The van der Waals surface area contributed by atoms with Crippen LogP contribution in [0, 0.1) is 12.7 Å². The molecule has 0 spiro atoms. The molecule has 116 valence electrons. The van der Waals surface area contributed by atoms with Crippen LogP contribution in [-0.4, -0.2) is 41.3 Å². The van der Waals surface area contributed by atoms with Crippen molar-refractivity contribution in [1.82, 2.24) is 10.6 Å². The van der Waals surface area contributed by atoms with E-state index in [1.165, 1.54) is 12.1 Å². The predicted molar refractivity (Wildman–Crippen MR) is 83.1 cm³/mol. The second-order valence-corrected chi connectivity index (χ2v) is 6.56. The van der Waals surface area contributed by atoms with Gasteiger partial charge in [0.15, 0.2) is 0 Å². The average molecular weight is 312 g/mol. The molecule has 1 unspecified atom stereocenters. The molecule has 4 nitrogen and oxygen atoms in total. The third-order valence-electron chi connectivity index (χ3n) is 3.65. The largest absolute Gasteiger partial charge is 0.387 e. The van der Waals surface area contributed by atoms with E-state index in [0.29, 0.717) is 25.1 Å². The molecule has 0 saturated carbocycles. The van der Waals surface area contributed by atoms with Gasteiger partial charge >= 0.3 is 6.03 Å². The van der Waals surface area contributed by atoms with Crippen LogP contribution in [0.5, 0.6) is 0 Å². The molecule has 1 saturated heterocycles. The standard InChI is InChI=1S/C15H21FN2O2S/c1-11-8-13(16)3-2-12(11)4-6-17-14(19)18-9-15(20)5-7-21-10-15/h2-3,8,20H,4-7,9-10H2,1H3,(H2,17,18,19). The number of aryl methyl sites for hydroxylation is 1. The van der Waals surface area contributed by atoms with Gasteiger partial charge in [-0.3, -0.25) is 0 Å². The Morgan fingerprint density at radius 2 is 2.29 bits per heavy atom. The van der Waals surface area contributed by atoms with Gasteiger partial charge < -0.3 is 15.7 Å². The van der Waals surface area contributed by atoms with E-state index in [2.05, 4.69) is 10.6 Å². The van der Waals surface area contributed by atoms with Crippen LogP contribution < -0.4 is 10.6 Å². The lowest BCUT2D eigenvalue weighted by Gasteiger charge is -2.21. The molecule has 0 aromatic heterocycles. The highest BCUT2D eigenvalue weighted by molar-refractivity contribution is 7.99. The van der Waals surface area contributed by atoms with E-state index in [-0.39, 0.29) is 18.4 Å². The molecule has 3 N–H and O–H groups in total. The van der Waals surface area contributed by atoms with E-state index in [1.807, 2.05) is 6.92 Å². The van der Waals surface area contributed by atoms with Gasteiger partial charge in [-0.2, -0.15) is 11.8 Å². The second kappa shape index (κ2) is 7.13. The Hall–Kier alpha value is -1.27. The Kier molecular flexibility index (Phi) is 5.47. The molecule has 0 aliphatic carbocycles. The van der Waals surface area contributed by atoms with Crippen molar-refractivity contribution in [3.8, 4) is 0 Å². The maximum absolute atomic E-state index is 13.0. The van der Waals surface area contributed by atoms with Crippen molar-refractivity contribution in [1.29, 1.82) is 0 Å². The summed E-state index contributed by atoms with van der Waals surface area (Å²) in [6, 6.07) is 4.38. The molecule has 1 aliphatic rings. The quantitative estimate of drug-likeness (QED) is 0.777. The Labute approximate surface area is 128 Å². The first kappa shape index (κ1) is 16.1. The summed E-state index contributed by atoms with van der Waals surface area (Å²) in [4.78, 5) is 11.7. The zero-order valence-electron chi connectivity index (χ0n) is 12.1. The highest BCUT2D eigenvalue weighted by Crippen LogP contribution is 2.26. The predicted octanol–water partition coefficient (Wildman–Crippen LogP) is 1.84. The lowest BCUT2D eigenvalue weighted by Crippen LogP contribution is -2.46. The number of rotatable bonds is 5. The normalized spacial score (nSPS) is 21.3. The van der Waals surface area contributed by atoms with E-state index >= 15 is 0 Å². The van der Waals surface area contributed by atoms with Gasteiger partial charge in [0.2, 0.25) is 0 Å². The fourth-order valence-electron chi connectivity index (χ4n) is 2.29. The number of urea groups is 1. The number of carbonyl (C=O) groups is 1. The molecule has 1 aliphatic heterocycles. The van der Waals surface area contributed by atoms with Crippen LogP contribution in [0.3, 0.4) is 0 Å². The number of amides is 2. The maximum atomic E-state index is 13.0. The van der Waals surface area contributed by atoms with Crippen molar-refractivity contribution in [2.75, 3.05) is 24.6 Å². The van der Waals surface area contributed by atoms with Crippen LogP contribution >= 0.6 is 11.8 Å². The molecule has 2 rings (SSSR count). The molecule has 2 amide bonds. The molecule has 0 radical (unpaired) electrons. The number of hydrogen-bond donors (Lipinski definition) is 3. The summed E-state index contributed by atoms with van der Waals surface area (Å²) in [5, 5.41) is 15.6. The van der Waals surface area contributed by atoms with Gasteiger partial charge in [-0.05, 0) is 48.8 Å². The summed E-state index contributed by atoms with van der Waals surface area (Å²) >= 11 is 1.70. The first-order chi connectivity index (χ1) is 9.98. The number of halogens is 1. The molecular formula is C15H21FN2O2S. The minimum atomic E-state index is -0.768. The third kappa shape index (κ3) is 4.89. The minimum absolute atomic E-state index is 0.246. The molecule has 1 aromatic carbocycles. The van der Waals surface area contributed by atoms with E-state index in [0.717, 1.165) is 16.9 Å². The SMILES string of the molecule is Cc1cc(F)ccc1CCNC(=O)NCC1(O)CCSC1.